The Balaban J connectivity index is 0.000000163. The second kappa shape index (κ2) is 13.7. The van der Waals surface area contributed by atoms with E-state index in [0.29, 0.717) is 23.3 Å². The number of benzene rings is 4. The van der Waals surface area contributed by atoms with Gasteiger partial charge < -0.3 is 0 Å². The lowest BCUT2D eigenvalue weighted by Crippen LogP contribution is -2.23. The van der Waals surface area contributed by atoms with Gasteiger partial charge in [-0.3, -0.25) is 19.2 Å². The van der Waals surface area contributed by atoms with Crippen LogP contribution >= 0.6 is 23.2 Å². The van der Waals surface area contributed by atoms with Gasteiger partial charge in [0.25, 0.3) is 11.1 Å². The first-order chi connectivity index (χ1) is 20.7. The normalized spacial score (nSPS) is 10.3. The van der Waals surface area contributed by atoms with Gasteiger partial charge in [0.2, 0.25) is 0 Å². The SMILES string of the molecule is O=Cc1c(Cl)cccc1-n1ncc2cccc(F)c2c1=O.O=Cc1c(F)cccc1Cl.O=c1[nH]ncc2cccc(F)c12. The largest absolute Gasteiger partial charge is 0.298 e. The lowest BCUT2D eigenvalue weighted by molar-refractivity contribution is 0.111. The van der Waals surface area contributed by atoms with Crippen molar-refractivity contribution in [1.29, 1.82) is 0 Å². The average Bonchev–Trinajstić information content (AvgIpc) is 2.98. The number of H-pyrrole nitrogens is 1. The zero-order valence-electron chi connectivity index (χ0n) is 21.6. The van der Waals surface area contributed by atoms with E-state index in [9.17, 15) is 32.3 Å². The molecule has 6 rings (SSSR count). The highest BCUT2D eigenvalue weighted by Gasteiger charge is 2.14. The highest BCUT2D eigenvalue weighted by molar-refractivity contribution is 6.33. The van der Waals surface area contributed by atoms with Crippen LogP contribution in [0.15, 0.2) is 94.8 Å². The number of fused-ring (bicyclic) bond motifs is 2. The molecule has 13 heteroatoms. The highest BCUT2D eigenvalue weighted by atomic mass is 35.5. The highest BCUT2D eigenvalue weighted by Crippen LogP contribution is 2.21. The quantitative estimate of drug-likeness (QED) is 0.230. The molecule has 216 valence electrons. The summed E-state index contributed by atoms with van der Waals surface area (Å²) in [5, 5.41) is 10.9. The number of hydrogen-bond acceptors (Lipinski definition) is 6. The van der Waals surface area contributed by atoms with Crippen molar-refractivity contribution < 1.29 is 22.8 Å². The minimum absolute atomic E-state index is 0.0625. The summed E-state index contributed by atoms with van der Waals surface area (Å²) in [4.78, 5) is 44.8. The van der Waals surface area contributed by atoms with E-state index in [2.05, 4.69) is 15.3 Å². The lowest BCUT2D eigenvalue weighted by atomic mass is 10.1. The Morgan fingerprint density at radius 1 is 0.674 bits per heavy atom. The van der Waals surface area contributed by atoms with Gasteiger partial charge >= 0.3 is 0 Å². The zero-order valence-corrected chi connectivity index (χ0v) is 23.1. The summed E-state index contributed by atoms with van der Waals surface area (Å²) in [7, 11) is 0. The van der Waals surface area contributed by atoms with Gasteiger partial charge in [0.1, 0.15) is 17.5 Å². The maximum absolute atomic E-state index is 13.9. The molecule has 6 aromatic rings. The number of nitrogens with zero attached hydrogens (tertiary/aromatic N) is 3. The van der Waals surface area contributed by atoms with Crippen LogP contribution < -0.4 is 11.1 Å². The molecular weight excluding hydrogens is 608 g/mol. The van der Waals surface area contributed by atoms with E-state index in [4.69, 9.17) is 23.2 Å². The summed E-state index contributed by atoms with van der Waals surface area (Å²) in [5.74, 6) is -1.73. The van der Waals surface area contributed by atoms with Gasteiger partial charge in [0.05, 0.1) is 50.0 Å². The van der Waals surface area contributed by atoms with Crippen molar-refractivity contribution in [2.24, 2.45) is 0 Å². The molecule has 2 heterocycles. The van der Waals surface area contributed by atoms with Gasteiger partial charge in [0, 0.05) is 10.8 Å². The van der Waals surface area contributed by atoms with Gasteiger partial charge in [-0.25, -0.2) is 18.3 Å². The van der Waals surface area contributed by atoms with Crippen LogP contribution in [0.2, 0.25) is 10.0 Å². The fourth-order valence-corrected chi connectivity index (χ4v) is 4.30. The number of nitrogens with one attached hydrogen (secondary N) is 1. The van der Waals surface area contributed by atoms with Gasteiger partial charge in [-0.1, -0.05) is 59.6 Å². The first kappa shape index (κ1) is 30.8. The molecular formula is C30H17Cl2F3N4O4. The number of aromatic nitrogens is 4. The average molecular weight is 625 g/mol. The molecule has 0 saturated carbocycles. The van der Waals surface area contributed by atoms with Crippen molar-refractivity contribution in [2.45, 2.75) is 0 Å². The van der Waals surface area contributed by atoms with Crippen LogP contribution in [0, 0.1) is 17.5 Å². The monoisotopic (exact) mass is 624 g/mol. The standard InChI is InChI=1S/C15H8ClFN2O2.C8H5FN2O.C7H4ClFO/c16-11-4-2-6-13(10(11)8-20)19-15(21)14-9(7-18-19)3-1-5-12(14)17;9-6-3-1-2-5-4-10-11-8(12)7(5)6;8-6-2-1-3-7(9)5(6)4-10/h1-8H;1-4H,(H,11,12);1-4H. The van der Waals surface area contributed by atoms with Crippen LogP contribution in [0.25, 0.3) is 27.2 Å². The van der Waals surface area contributed by atoms with Gasteiger partial charge in [-0.05, 0) is 36.4 Å². The maximum atomic E-state index is 13.9. The topological polar surface area (TPSA) is 115 Å². The van der Waals surface area contributed by atoms with E-state index in [1.54, 1.807) is 24.3 Å². The fraction of sp³-hybridized carbons (Fsp3) is 0. The minimum atomic E-state index is -0.643. The Kier molecular flexibility index (Phi) is 9.81. The van der Waals surface area contributed by atoms with E-state index >= 15 is 0 Å². The van der Waals surface area contributed by atoms with Crippen LogP contribution in [0.5, 0.6) is 0 Å². The van der Waals surface area contributed by atoms with Crippen molar-refractivity contribution in [3.8, 4) is 5.69 Å². The van der Waals surface area contributed by atoms with Gasteiger partial charge in [-0.15, -0.1) is 0 Å². The predicted molar refractivity (Wildman–Crippen MR) is 157 cm³/mol. The van der Waals surface area contributed by atoms with Crippen molar-refractivity contribution in [2.75, 3.05) is 0 Å². The number of rotatable bonds is 3. The van der Waals surface area contributed by atoms with Crippen LogP contribution in [0.1, 0.15) is 20.7 Å². The number of aldehydes is 2. The third-order valence-electron chi connectivity index (χ3n) is 5.90. The van der Waals surface area contributed by atoms with Crippen LogP contribution in [-0.2, 0) is 0 Å². The van der Waals surface area contributed by atoms with Crippen LogP contribution in [-0.4, -0.2) is 32.6 Å². The summed E-state index contributed by atoms with van der Waals surface area (Å²) < 4.78 is 40.4. The molecule has 43 heavy (non-hydrogen) atoms. The van der Waals surface area contributed by atoms with E-state index in [0.717, 1.165) is 4.68 Å². The van der Waals surface area contributed by atoms with E-state index in [1.165, 1.54) is 60.9 Å². The molecule has 4 aromatic carbocycles. The molecule has 0 amide bonds. The molecule has 0 aliphatic rings. The fourth-order valence-electron chi connectivity index (χ4n) is 3.88. The second-order valence-electron chi connectivity index (χ2n) is 8.51. The van der Waals surface area contributed by atoms with Gasteiger partial charge in [-0.2, -0.15) is 14.9 Å². The van der Waals surface area contributed by atoms with E-state index < -0.39 is 28.6 Å². The molecule has 0 unspecified atom stereocenters. The zero-order chi connectivity index (χ0) is 31.1. The third-order valence-corrected chi connectivity index (χ3v) is 6.56. The Morgan fingerprint density at radius 2 is 1.21 bits per heavy atom. The molecule has 0 spiro atoms. The molecule has 0 aliphatic carbocycles. The Labute approximate surface area is 249 Å². The molecule has 0 bridgehead atoms. The molecule has 2 aromatic heterocycles. The maximum Gasteiger partial charge on any atom is 0.282 e. The number of hydrogen-bond donors (Lipinski definition) is 1. The van der Waals surface area contributed by atoms with E-state index in [-0.39, 0.29) is 37.6 Å². The van der Waals surface area contributed by atoms with Crippen LogP contribution in [0.4, 0.5) is 13.2 Å². The summed E-state index contributed by atoms with van der Waals surface area (Å²) in [6.45, 7) is 0. The third kappa shape index (κ3) is 6.69. The lowest BCUT2D eigenvalue weighted by Gasteiger charge is -2.09. The molecule has 1 N–H and O–H groups in total. The summed E-state index contributed by atoms with van der Waals surface area (Å²) in [6.07, 6.45) is 3.73. The number of carbonyl (C=O) groups excluding carboxylic acids is 2. The molecule has 0 aliphatic heterocycles. The Bertz CT molecular complexity index is 2080. The minimum Gasteiger partial charge on any atom is -0.298 e. The van der Waals surface area contributed by atoms with E-state index in [1.807, 2.05) is 0 Å². The molecule has 0 atom stereocenters. The summed E-state index contributed by atoms with van der Waals surface area (Å²) >= 11 is 11.4. The predicted octanol–water partition coefficient (Wildman–Crippen LogP) is 6.34. The smallest absolute Gasteiger partial charge is 0.282 e. The Morgan fingerprint density at radius 3 is 1.79 bits per heavy atom. The first-order valence-electron chi connectivity index (χ1n) is 12.1. The first-order valence-corrected chi connectivity index (χ1v) is 12.8. The van der Waals surface area contributed by atoms with Crippen molar-refractivity contribution in [3.05, 3.63) is 145 Å². The summed E-state index contributed by atoms with van der Waals surface area (Å²) in [6, 6.07) is 17.5. The van der Waals surface area contributed by atoms with Gasteiger partial charge in [0.15, 0.2) is 12.6 Å². The Hall–Kier alpha value is -5.13. The summed E-state index contributed by atoms with van der Waals surface area (Å²) in [5.41, 5.74) is -0.872. The molecule has 0 saturated heterocycles. The molecule has 8 nitrogen and oxygen atoms in total. The number of aromatic amines is 1. The van der Waals surface area contributed by atoms with Crippen molar-refractivity contribution in [1.82, 2.24) is 20.0 Å². The second-order valence-corrected chi connectivity index (χ2v) is 9.33. The molecule has 0 radical (unpaired) electrons. The number of carbonyl (C=O) groups is 2. The van der Waals surface area contributed by atoms with Crippen molar-refractivity contribution in [3.63, 3.8) is 0 Å². The van der Waals surface area contributed by atoms with Crippen LogP contribution in [0.3, 0.4) is 0 Å². The molecule has 0 fully saturated rings. The number of halogens is 5. The van der Waals surface area contributed by atoms with Crippen molar-refractivity contribution >= 4 is 57.3 Å².